The van der Waals surface area contributed by atoms with Gasteiger partial charge < -0.3 is 4.57 Å². The third-order valence-corrected chi connectivity index (χ3v) is 5.54. The zero-order valence-electron chi connectivity index (χ0n) is 12.9. The molecule has 1 N–H and O–H groups in total. The Morgan fingerprint density at radius 3 is 2.65 bits per heavy atom. The molecule has 1 aliphatic heterocycles. The first-order chi connectivity index (χ1) is 11.0. The minimum atomic E-state index is -3.74. The van der Waals surface area contributed by atoms with E-state index in [0.29, 0.717) is 5.82 Å². The van der Waals surface area contributed by atoms with Gasteiger partial charge in [-0.25, -0.2) is 17.5 Å². The molecule has 0 unspecified atom stereocenters. The van der Waals surface area contributed by atoms with Crippen molar-refractivity contribution in [1.29, 1.82) is 0 Å². The second-order valence-electron chi connectivity index (χ2n) is 5.73. The summed E-state index contributed by atoms with van der Waals surface area (Å²) in [4.78, 5) is 0.0290. The summed E-state index contributed by atoms with van der Waals surface area (Å²) < 4.78 is 42.3. The van der Waals surface area contributed by atoms with Gasteiger partial charge in [-0.15, -0.1) is 10.2 Å². The maximum atomic E-state index is 13.0. The molecule has 0 saturated carbocycles. The van der Waals surface area contributed by atoms with Crippen LogP contribution < -0.4 is 4.72 Å². The summed E-state index contributed by atoms with van der Waals surface area (Å²) in [5.74, 6) is 1.05. The molecular weight excluding hydrogens is 319 g/mol. The van der Waals surface area contributed by atoms with Crippen molar-refractivity contribution in [3.05, 3.63) is 41.7 Å². The molecule has 6 nitrogen and oxygen atoms in total. The third-order valence-electron chi connectivity index (χ3n) is 3.98. The van der Waals surface area contributed by atoms with E-state index in [2.05, 4.69) is 14.9 Å². The molecule has 0 bridgehead atoms. The molecule has 0 radical (unpaired) electrons. The highest BCUT2D eigenvalue weighted by atomic mass is 32.2. The molecule has 2 heterocycles. The van der Waals surface area contributed by atoms with Crippen molar-refractivity contribution in [2.24, 2.45) is 0 Å². The molecule has 1 aromatic heterocycles. The van der Waals surface area contributed by atoms with E-state index in [1.165, 1.54) is 12.1 Å². The molecule has 8 heteroatoms. The second kappa shape index (κ2) is 6.37. The van der Waals surface area contributed by atoms with Gasteiger partial charge in [-0.3, -0.25) is 0 Å². The molecule has 0 spiro atoms. The Kier molecular flexibility index (Phi) is 4.45. The van der Waals surface area contributed by atoms with Gasteiger partial charge in [0.15, 0.2) is 5.82 Å². The fourth-order valence-electron chi connectivity index (χ4n) is 2.80. The van der Waals surface area contributed by atoms with Crippen LogP contribution >= 0.6 is 0 Å². The van der Waals surface area contributed by atoms with Gasteiger partial charge in [-0.05, 0) is 44.0 Å². The number of aryl methyl sites for hydroxylation is 1. The van der Waals surface area contributed by atoms with Crippen molar-refractivity contribution in [2.75, 3.05) is 0 Å². The fraction of sp³-hybridized carbons (Fsp3) is 0.467. The van der Waals surface area contributed by atoms with Crippen LogP contribution in [-0.2, 0) is 23.0 Å². The number of nitrogens with one attached hydrogen (secondary N) is 1. The summed E-state index contributed by atoms with van der Waals surface area (Å²) >= 11 is 0. The van der Waals surface area contributed by atoms with Crippen molar-refractivity contribution >= 4 is 10.0 Å². The van der Waals surface area contributed by atoms with Gasteiger partial charge in [-0.2, -0.15) is 0 Å². The number of nitrogens with zero attached hydrogens (tertiary/aromatic N) is 3. The maximum Gasteiger partial charge on any atom is 0.241 e. The maximum absolute atomic E-state index is 13.0. The van der Waals surface area contributed by atoms with Gasteiger partial charge in [0.2, 0.25) is 10.0 Å². The molecule has 0 saturated heterocycles. The van der Waals surface area contributed by atoms with E-state index < -0.39 is 21.9 Å². The zero-order valence-corrected chi connectivity index (χ0v) is 13.7. The number of sulfonamides is 1. The lowest BCUT2D eigenvalue weighted by Crippen LogP contribution is -2.29. The molecule has 0 amide bonds. The Labute approximate surface area is 134 Å². The quantitative estimate of drug-likeness (QED) is 0.927. The Morgan fingerprint density at radius 2 is 1.91 bits per heavy atom. The normalized spacial score (nSPS) is 16.6. The Bertz CT molecular complexity index is 786. The highest BCUT2D eigenvalue weighted by molar-refractivity contribution is 7.89. The van der Waals surface area contributed by atoms with Gasteiger partial charge >= 0.3 is 0 Å². The highest BCUT2D eigenvalue weighted by Crippen LogP contribution is 2.20. The number of rotatable bonds is 4. The molecule has 1 atom stereocenters. The van der Waals surface area contributed by atoms with Crippen LogP contribution in [0, 0.1) is 5.82 Å². The van der Waals surface area contributed by atoms with Crippen LogP contribution in [0.4, 0.5) is 4.39 Å². The van der Waals surface area contributed by atoms with Crippen molar-refractivity contribution in [3.8, 4) is 0 Å². The van der Waals surface area contributed by atoms with Crippen molar-refractivity contribution in [1.82, 2.24) is 19.5 Å². The summed E-state index contributed by atoms with van der Waals surface area (Å²) in [5.41, 5.74) is 0. The minimum absolute atomic E-state index is 0.0290. The molecule has 2 aromatic rings. The summed E-state index contributed by atoms with van der Waals surface area (Å²) in [6.45, 7) is 2.55. The van der Waals surface area contributed by atoms with Gasteiger partial charge in [0.1, 0.15) is 11.6 Å². The second-order valence-corrected chi connectivity index (χ2v) is 7.45. The van der Waals surface area contributed by atoms with Gasteiger partial charge in [-0.1, -0.05) is 6.42 Å². The number of hydrogen-bond acceptors (Lipinski definition) is 4. The first kappa shape index (κ1) is 16.1. The molecule has 1 aromatic carbocycles. The summed E-state index contributed by atoms with van der Waals surface area (Å²) in [6.07, 6.45) is 4.12. The topological polar surface area (TPSA) is 76.9 Å². The monoisotopic (exact) mass is 338 g/mol. The van der Waals surface area contributed by atoms with Gasteiger partial charge in [0, 0.05) is 13.0 Å². The van der Waals surface area contributed by atoms with E-state index >= 15 is 0 Å². The third kappa shape index (κ3) is 3.42. The largest absolute Gasteiger partial charge is 0.314 e. The average Bonchev–Trinajstić information content (AvgIpc) is 2.76. The predicted octanol–water partition coefficient (Wildman–Crippen LogP) is 2.18. The van der Waals surface area contributed by atoms with Crippen LogP contribution in [0.2, 0.25) is 0 Å². The lowest BCUT2D eigenvalue weighted by atomic mass is 10.2. The van der Waals surface area contributed by atoms with E-state index in [1.54, 1.807) is 6.92 Å². The van der Waals surface area contributed by atoms with Crippen molar-refractivity contribution in [2.45, 2.75) is 50.1 Å². The van der Waals surface area contributed by atoms with Crippen LogP contribution in [-0.4, -0.2) is 23.2 Å². The number of fused-ring (bicyclic) bond motifs is 1. The van der Waals surface area contributed by atoms with Gasteiger partial charge in [0.05, 0.1) is 10.9 Å². The predicted molar refractivity (Wildman–Crippen MR) is 82.7 cm³/mol. The Balaban J connectivity index is 1.83. The van der Waals surface area contributed by atoms with Crippen LogP contribution in [0.15, 0.2) is 29.2 Å². The average molecular weight is 338 g/mol. The van der Waals surface area contributed by atoms with E-state index in [-0.39, 0.29) is 4.90 Å². The van der Waals surface area contributed by atoms with Crippen LogP contribution in [0.5, 0.6) is 0 Å². The lowest BCUT2D eigenvalue weighted by Gasteiger charge is -2.15. The molecule has 124 valence electrons. The summed E-state index contributed by atoms with van der Waals surface area (Å²) in [6, 6.07) is 4.23. The number of aromatic nitrogens is 3. The lowest BCUT2D eigenvalue weighted by molar-refractivity contribution is 0.533. The number of hydrogen-bond donors (Lipinski definition) is 1. The van der Waals surface area contributed by atoms with Gasteiger partial charge in [0.25, 0.3) is 0 Å². The first-order valence-corrected chi connectivity index (χ1v) is 9.15. The van der Waals surface area contributed by atoms with Crippen LogP contribution in [0.1, 0.15) is 43.9 Å². The summed E-state index contributed by atoms with van der Waals surface area (Å²) in [5, 5.41) is 8.34. The van der Waals surface area contributed by atoms with Crippen molar-refractivity contribution in [3.63, 3.8) is 0 Å². The summed E-state index contributed by atoms with van der Waals surface area (Å²) in [7, 11) is -3.74. The van der Waals surface area contributed by atoms with E-state index in [0.717, 1.165) is 50.2 Å². The molecule has 3 rings (SSSR count). The smallest absolute Gasteiger partial charge is 0.241 e. The van der Waals surface area contributed by atoms with Crippen LogP contribution in [0.25, 0.3) is 0 Å². The van der Waals surface area contributed by atoms with Crippen molar-refractivity contribution < 1.29 is 12.8 Å². The minimum Gasteiger partial charge on any atom is -0.314 e. The number of benzene rings is 1. The Morgan fingerprint density at radius 1 is 1.17 bits per heavy atom. The highest BCUT2D eigenvalue weighted by Gasteiger charge is 2.24. The molecule has 23 heavy (non-hydrogen) atoms. The molecule has 0 aliphatic carbocycles. The van der Waals surface area contributed by atoms with Crippen LogP contribution in [0.3, 0.4) is 0 Å². The van der Waals surface area contributed by atoms with E-state index in [1.807, 2.05) is 4.57 Å². The van der Waals surface area contributed by atoms with E-state index in [9.17, 15) is 12.8 Å². The Hall–Kier alpha value is -1.80. The standard InChI is InChI=1S/C15H19FN4O2S/c1-11(15-18-17-14-5-3-2-4-10-20(14)15)19-23(21,22)13-8-6-12(16)7-9-13/h6-9,11,19H,2-5,10H2,1H3/t11-/m1/s1. The zero-order chi connectivity index (χ0) is 16.4. The van der Waals surface area contributed by atoms with E-state index in [4.69, 9.17) is 0 Å². The molecule has 1 aliphatic rings. The fourth-order valence-corrected chi connectivity index (χ4v) is 4.00. The number of halogens is 1. The molecular formula is C15H19FN4O2S. The molecule has 0 fully saturated rings. The first-order valence-electron chi connectivity index (χ1n) is 7.67. The SMILES string of the molecule is C[C@@H](NS(=O)(=O)c1ccc(F)cc1)c1nnc2n1CCCCC2.